The van der Waals surface area contributed by atoms with E-state index in [0.717, 1.165) is 24.8 Å². The molecule has 2 heterocycles. The number of hydrogen-bond acceptors (Lipinski definition) is 6. The monoisotopic (exact) mass is 421 g/mol. The lowest BCUT2D eigenvalue weighted by atomic mass is 9.88. The van der Waals surface area contributed by atoms with Crippen LogP contribution in [0.4, 0.5) is 5.00 Å². The van der Waals surface area contributed by atoms with E-state index >= 15 is 0 Å². The molecule has 1 aliphatic carbocycles. The molecule has 1 fully saturated rings. The number of piperazine rings is 1. The molecule has 2 atom stereocenters. The van der Waals surface area contributed by atoms with E-state index < -0.39 is 0 Å². The predicted molar refractivity (Wildman–Crippen MR) is 113 cm³/mol. The molecule has 1 saturated heterocycles. The van der Waals surface area contributed by atoms with Gasteiger partial charge < -0.3 is 15.0 Å². The third-order valence-corrected chi connectivity index (χ3v) is 7.08. The maximum Gasteiger partial charge on any atom is 0.341 e. The van der Waals surface area contributed by atoms with Gasteiger partial charge in [-0.25, -0.2) is 4.79 Å². The molecule has 2 aliphatic rings. The minimum atomic E-state index is -0.349. The van der Waals surface area contributed by atoms with Crippen LogP contribution in [0.3, 0.4) is 0 Å². The second-order valence-corrected chi connectivity index (χ2v) is 9.09. The number of rotatable bonds is 5. The first-order chi connectivity index (χ1) is 13.8. The fourth-order valence-electron chi connectivity index (χ4n) is 4.06. The van der Waals surface area contributed by atoms with Crippen molar-refractivity contribution in [3.63, 3.8) is 0 Å². The molecule has 8 heteroatoms. The summed E-state index contributed by atoms with van der Waals surface area (Å²) in [6.45, 7) is 10.4. The van der Waals surface area contributed by atoms with Gasteiger partial charge in [-0.2, -0.15) is 0 Å². The topological polar surface area (TPSA) is 79.0 Å². The number of esters is 1. The van der Waals surface area contributed by atoms with Gasteiger partial charge in [0.05, 0.1) is 18.2 Å². The Morgan fingerprint density at radius 3 is 2.55 bits per heavy atom. The summed E-state index contributed by atoms with van der Waals surface area (Å²) >= 11 is 1.51. The van der Waals surface area contributed by atoms with Gasteiger partial charge in [-0.1, -0.05) is 6.92 Å². The molecule has 0 spiro atoms. The highest BCUT2D eigenvalue weighted by atomic mass is 32.1. The lowest BCUT2D eigenvalue weighted by Gasteiger charge is -2.36. The Balaban J connectivity index is 1.74. The van der Waals surface area contributed by atoms with Crippen molar-refractivity contribution < 1.29 is 19.1 Å². The van der Waals surface area contributed by atoms with E-state index in [1.165, 1.54) is 16.2 Å². The number of anilines is 1. The van der Waals surface area contributed by atoms with E-state index in [0.29, 0.717) is 49.3 Å². The maximum atomic E-state index is 13.0. The summed E-state index contributed by atoms with van der Waals surface area (Å²) < 4.78 is 5.28. The Morgan fingerprint density at radius 2 is 1.93 bits per heavy atom. The van der Waals surface area contributed by atoms with Crippen LogP contribution in [0, 0.1) is 5.92 Å². The van der Waals surface area contributed by atoms with Gasteiger partial charge in [0.1, 0.15) is 5.00 Å². The lowest BCUT2D eigenvalue weighted by Crippen LogP contribution is -2.53. The molecule has 1 N–H and O–H groups in total. The van der Waals surface area contributed by atoms with Gasteiger partial charge in [-0.3, -0.25) is 14.5 Å². The highest BCUT2D eigenvalue weighted by molar-refractivity contribution is 7.17. The molecule has 3 rings (SSSR count). The molecule has 0 radical (unpaired) electrons. The first-order valence-electron chi connectivity index (χ1n) is 10.4. The number of hydrogen-bond donors (Lipinski definition) is 1. The minimum Gasteiger partial charge on any atom is -0.462 e. The largest absolute Gasteiger partial charge is 0.462 e. The number of carbonyl (C=O) groups is 3. The van der Waals surface area contributed by atoms with Crippen LogP contribution in [0.2, 0.25) is 0 Å². The van der Waals surface area contributed by atoms with E-state index in [-0.39, 0.29) is 23.8 Å². The van der Waals surface area contributed by atoms with Crippen LogP contribution in [0.25, 0.3) is 0 Å². The summed E-state index contributed by atoms with van der Waals surface area (Å²) in [7, 11) is 0. The smallest absolute Gasteiger partial charge is 0.341 e. The van der Waals surface area contributed by atoms with E-state index in [4.69, 9.17) is 4.74 Å². The fourth-order valence-corrected chi connectivity index (χ4v) is 5.47. The Bertz CT molecular complexity index is 783. The van der Waals surface area contributed by atoms with Crippen molar-refractivity contribution in [3.05, 3.63) is 16.0 Å². The van der Waals surface area contributed by atoms with Gasteiger partial charge in [0.2, 0.25) is 11.8 Å². The Hall–Kier alpha value is -1.93. The van der Waals surface area contributed by atoms with Crippen molar-refractivity contribution >= 4 is 34.1 Å². The van der Waals surface area contributed by atoms with E-state index in [9.17, 15) is 14.4 Å². The van der Waals surface area contributed by atoms with Gasteiger partial charge >= 0.3 is 5.97 Å². The summed E-state index contributed by atoms with van der Waals surface area (Å²) in [5, 5.41) is 3.62. The zero-order valence-corrected chi connectivity index (χ0v) is 18.6. The second kappa shape index (κ2) is 9.26. The van der Waals surface area contributed by atoms with Crippen LogP contribution < -0.4 is 5.32 Å². The quantitative estimate of drug-likeness (QED) is 0.739. The zero-order valence-electron chi connectivity index (χ0n) is 17.7. The molecule has 1 aromatic heterocycles. The van der Waals surface area contributed by atoms with Crippen LogP contribution >= 0.6 is 11.3 Å². The van der Waals surface area contributed by atoms with Crippen molar-refractivity contribution in [2.24, 2.45) is 5.92 Å². The van der Waals surface area contributed by atoms with E-state index in [1.807, 2.05) is 6.92 Å². The normalized spacial score (nSPS) is 20.7. The summed E-state index contributed by atoms with van der Waals surface area (Å²) in [5.74, 6) is 0.173. The van der Waals surface area contributed by atoms with Crippen LogP contribution in [0.15, 0.2) is 0 Å². The molecule has 0 saturated carbocycles. The summed E-state index contributed by atoms with van der Waals surface area (Å²) in [4.78, 5) is 42.1. The second-order valence-electron chi connectivity index (χ2n) is 7.98. The van der Waals surface area contributed by atoms with Gasteiger partial charge in [0.25, 0.3) is 0 Å². The molecule has 0 aromatic carbocycles. The summed E-state index contributed by atoms with van der Waals surface area (Å²) in [6, 6.07) is -0.336. The van der Waals surface area contributed by atoms with Crippen LogP contribution in [0.1, 0.15) is 54.9 Å². The predicted octanol–water partition coefficient (Wildman–Crippen LogP) is 2.54. The number of nitrogens with zero attached hydrogens (tertiary/aromatic N) is 2. The average Bonchev–Trinajstić information content (AvgIpc) is 3.04. The van der Waals surface area contributed by atoms with E-state index in [1.54, 1.807) is 18.7 Å². The number of thiophene rings is 1. The number of nitrogens with one attached hydrogen (secondary N) is 1. The maximum absolute atomic E-state index is 13.0. The Kier molecular flexibility index (Phi) is 6.95. The SMILES string of the molecule is CCOC(=O)c1c(NC(=O)[C@H](C)N2CCN(C(C)=O)CC2)sc2c1CC[C@@H](C)C2. The third kappa shape index (κ3) is 4.80. The Labute approximate surface area is 176 Å². The van der Waals surface area contributed by atoms with Crippen LogP contribution in [-0.4, -0.2) is 66.4 Å². The van der Waals surface area contributed by atoms with Gasteiger partial charge in [-0.05, 0) is 44.6 Å². The van der Waals surface area contributed by atoms with Crippen LogP contribution in [-0.2, 0) is 27.2 Å². The van der Waals surface area contributed by atoms with Gasteiger partial charge in [0.15, 0.2) is 0 Å². The van der Waals surface area contributed by atoms with Crippen molar-refractivity contribution in [1.82, 2.24) is 9.80 Å². The molecule has 0 unspecified atom stereocenters. The fraction of sp³-hybridized carbons (Fsp3) is 0.667. The number of carbonyl (C=O) groups excluding carboxylic acids is 3. The van der Waals surface area contributed by atoms with Crippen molar-refractivity contribution in [1.29, 1.82) is 0 Å². The van der Waals surface area contributed by atoms with Crippen LogP contribution in [0.5, 0.6) is 0 Å². The molecule has 0 bridgehead atoms. The molecular weight excluding hydrogens is 390 g/mol. The molecule has 29 heavy (non-hydrogen) atoms. The van der Waals surface area contributed by atoms with E-state index in [2.05, 4.69) is 17.1 Å². The third-order valence-electron chi connectivity index (χ3n) is 5.91. The first kappa shape index (κ1) is 21.8. The highest BCUT2D eigenvalue weighted by Gasteiger charge is 2.31. The highest BCUT2D eigenvalue weighted by Crippen LogP contribution is 2.40. The molecular formula is C21H31N3O4S. The molecule has 1 aromatic rings. The van der Waals surface area contributed by atoms with Crippen molar-refractivity contribution in [3.8, 4) is 0 Å². The Morgan fingerprint density at radius 1 is 1.24 bits per heavy atom. The minimum absolute atomic E-state index is 0.0687. The number of fused-ring (bicyclic) bond motifs is 1. The standard InChI is InChI=1S/C21H31N3O4S/c1-5-28-21(27)18-16-7-6-13(2)12-17(16)29-20(18)22-19(26)14(3)23-8-10-24(11-9-23)15(4)25/h13-14H,5-12H2,1-4H3,(H,22,26)/t13-,14+/m1/s1. The van der Waals surface area contributed by atoms with Gasteiger partial charge in [0, 0.05) is 38.0 Å². The number of amides is 2. The molecule has 2 amide bonds. The molecule has 160 valence electrons. The van der Waals surface area contributed by atoms with Crippen molar-refractivity contribution in [2.45, 2.75) is 53.0 Å². The van der Waals surface area contributed by atoms with Crippen molar-refractivity contribution in [2.75, 3.05) is 38.1 Å². The zero-order chi connectivity index (χ0) is 21.1. The molecule has 7 nitrogen and oxygen atoms in total. The summed E-state index contributed by atoms with van der Waals surface area (Å²) in [5.41, 5.74) is 1.59. The van der Waals surface area contributed by atoms with Gasteiger partial charge in [-0.15, -0.1) is 11.3 Å². The summed E-state index contributed by atoms with van der Waals surface area (Å²) in [6.07, 6.45) is 2.82. The average molecular weight is 422 g/mol. The number of ether oxygens (including phenoxy) is 1. The lowest BCUT2D eigenvalue weighted by molar-refractivity contribution is -0.131. The first-order valence-corrected chi connectivity index (χ1v) is 11.3. The molecule has 1 aliphatic heterocycles.